The van der Waals surface area contributed by atoms with Gasteiger partial charge in [-0.2, -0.15) is 13.2 Å². The Hall–Kier alpha value is -1.10. The van der Waals surface area contributed by atoms with Crippen LogP contribution in [0.4, 0.5) is 13.2 Å². The van der Waals surface area contributed by atoms with Gasteiger partial charge in [0.15, 0.2) is 0 Å². The third-order valence-electron chi connectivity index (χ3n) is 3.98. The minimum atomic E-state index is -4.30. The fraction of sp³-hybridized carbons (Fsp3) is 0.688. The van der Waals surface area contributed by atoms with Crippen LogP contribution in [0.5, 0.6) is 0 Å². The lowest BCUT2D eigenvalue weighted by molar-refractivity contribution is -0.137. The van der Waals surface area contributed by atoms with Gasteiger partial charge >= 0.3 is 6.18 Å². The van der Waals surface area contributed by atoms with Gasteiger partial charge < -0.3 is 0 Å². The summed E-state index contributed by atoms with van der Waals surface area (Å²) in [6.07, 6.45) is 4.05. The standard InChI is InChI=1S/C16H23F3N2/c1-2-3-4-5-6-7-8-21-11-13-9-14(16(17,18)19)10-20-15(13)12-21/h9-10H,2-8,11-12H2,1H3. The molecule has 1 aliphatic heterocycles. The van der Waals surface area contributed by atoms with Crippen molar-refractivity contribution < 1.29 is 13.2 Å². The predicted octanol–water partition coefficient (Wildman–Crippen LogP) is 4.78. The smallest absolute Gasteiger partial charge is 0.293 e. The molecule has 21 heavy (non-hydrogen) atoms. The number of fused-ring (bicyclic) bond motifs is 1. The molecule has 2 rings (SSSR count). The highest BCUT2D eigenvalue weighted by atomic mass is 19.4. The van der Waals surface area contributed by atoms with E-state index in [9.17, 15) is 13.2 Å². The Balaban J connectivity index is 1.78. The molecule has 1 aromatic rings. The first-order chi connectivity index (χ1) is 10.0. The van der Waals surface area contributed by atoms with Crippen LogP contribution in [0.1, 0.15) is 62.3 Å². The molecule has 0 spiro atoms. The van der Waals surface area contributed by atoms with Crippen molar-refractivity contribution >= 4 is 0 Å². The summed E-state index contributed by atoms with van der Waals surface area (Å²) in [5, 5.41) is 0. The van der Waals surface area contributed by atoms with Gasteiger partial charge in [-0.3, -0.25) is 9.88 Å². The van der Waals surface area contributed by atoms with Crippen molar-refractivity contribution in [2.45, 2.75) is 64.7 Å². The fourth-order valence-electron chi connectivity index (χ4n) is 2.76. The van der Waals surface area contributed by atoms with Gasteiger partial charge in [0.05, 0.1) is 11.3 Å². The van der Waals surface area contributed by atoms with E-state index in [2.05, 4.69) is 16.8 Å². The average Bonchev–Trinajstić information content (AvgIpc) is 2.83. The highest BCUT2D eigenvalue weighted by Gasteiger charge is 2.32. The van der Waals surface area contributed by atoms with E-state index in [0.29, 0.717) is 13.1 Å². The fourth-order valence-corrected chi connectivity index (χ4v) is 2.76. The number of hydrogen-bond acceptors (Lipinski definition) is 2. The number of unbranched alkanes of at least 4 members (excludes halogenated alkanes) is 5. The molecule has 0 aromatic carbocycles. The molecular formula is C16H23F3N2. The van der Waals surface area contributed by atoms with E-state index in [1.165, 1.54) is 38.2 Å². The van der Waals surface area contributed by atoms with Crippen LogP contribution in [0, 0.1) is 0 Å². The maximum Gasteiger partial charge on any atom is 0.417 e. The largest absolute Gasteiger partial charge is 0.417 e. The van der Waals surface area contributed by atoms with Gasteiger partial charge in [0.25, 0.3) is 0 Å². The van der Waals surface area contributed by atoms with Crippen LogP contribution in [0.25, 0.3) is 0 Å². The first-order valence-corrected chi connectivity index (χ1v) is 7.78. The van der Waals surface area contributed by atoms with Gasteiger partial charge in [0, 0.05) is 19.3 Å². The molecule has 0 N–H and O–H groups in total. The summed E-state index contributed by atoms with van der Waals surface area (Å²) in [6.45, 7) is 4.43. The maximum atomic E-state index is 12.7. The molecule has 0 atom stereocenters. The van der Waals surface area contributed by atoms with Crippen molar-refractivity contribution in [3.63, 3.8) is 0 Å². The van der Waals surface area contributed by atoms with Crippen molar-refractivity contribution in [1.82, 2.24) is 9.88 Å². The lowest BCUT2D eigenvalue weighted by atomic mass is 10.1. The van der Waals surface area contributed by atoms with Crippen LogP contribution >= 0.6 is 0 Å². The summed E-state index contributed by atoms with van der Waals surface area (Å²) in [5.74, 6) is 0. The Morgan fingerprint density at radius 1 is 1.10 bits per heavy atom. The zero-order valence-corrected chi connectivity index (χ0v) is 12.5. The molecule has 1 aliphatic rings. The van der Waals surface area contributed by atoms with Crippen molar-refractivity contribution in [1.29, 1.82) is 0 Å². The normalized spacial score (nSPS) is 15.4. The lowest BCUT2D eigenvalue weighted by Gasteiger charge is -2.13. The van der Waals surface area contributed by atoms with E-state index in [-0.39, 0.29) is 0 Å². The molecule has 1 aromatic heterocycles. The number of nitrogens with zero attached hydrogens (tertiary/aromatic N) is 2. The zero-order valence-electron chi connectivity index (χ0n) is 12.5. The van der Waals surface area contributed by atoms with Crippen molar-refractivity contribution in [2.75, 3.05) is 6.54 Å². The second kappa shape index (κ2) is 7.25. The summed E-state index contributed by atoms with van der Waals surface area (Å²) in [7, 11) is 0. The molecule has 118 valence electrons. The summed E-state index contributed by atoms with van der Waals surface area (Å²) in [4.78, 5) is 6.18. The number of hydrogen-bond donors (Lipinski definition) is 0. The number of rotatable bonds is 7. The first-order valence-electron chi connectivity index (χ1n) is 7.78. The first kappa shape index (κ1) is 16.3. The Morgan fingerprint density at radius 2 is 1.81 bits per heavy atom. The van der Waals surface area contributed by atoms with Gasteiger partial charge in [-0.15, -0.1) is 0 Å². The molecular weight excluding hydrogens is 277 g/mol. The number of halogens is 3. The average molecular weight is 300 g/mol. The molecule has 0 aliphatic carbocycles. The number of pyridine rings is 1. The minimum absolute atomic E-state index is 0.598. The third kappa shape index (κ3) is 4.70. The molecule has 0 amide bonds. The number of aromatic nitrogens is 1. The van der Waals surface area contributed by atoms with Crippen molar-refractivity contribution in [3.8, 4) is 0 Å². The molecule has 0 fully saturated rings. The van der Waals surface area contributed by atoms with Crippen LogP contribution in [0.15, 0.2) is 12.3 Å². The Bertz CT molecular complexity index is 457. The van der Waals surface area contributed by atoms with Gasteiger partial charge in [-0.25, -0.2) is 0 Å². The Labute approximate surface area is 124 Å². The second-order valence-corrected chi connectivity index (χ2v) is 5.81. The topological polar surface area (TPSA) is 16.1 Å². The monoisotopic (exact) mass is 300 g/mol. The molecule has 2 heterocycles. The highest BCUT2D eigenvalue weighted by Crippen LogP contribution is 2.32. The molecule has 0 saturated carbocycles. The molecule has 0 bridgehead atoms. The van der Waals surface area contributed by atoms with E-state index in [4.69, 9.17) is 0 Å². The van der Waals surface area contributed by atoms with Gasteiger partial charge in [0.1, 0.15) is 0 Å². The number of alkyl halides is 3. The van der Waals surface area contributed by atoms with Crippen LogP contribution < -0.4 is 0 Å². The van der Waals surface area contributed by atoms with E-state index in [1.807, 2.05) is 0 Å². The second-order valence-electron chi connectivity index (χ2n) is 5.81. The summed E-state index contributed by atoms with van der Waals surface area (Å²) < 4.78 is 38.0. The predicted molar refractivity (Wildman–Crippen MR) is 76.7 cm³/mol. The Morgan fingerprint density at radius 3 is 2.52 bits per heavy atom. The SMILES string of the molecule is CCCCCCCCN1Cc2cc(C(F)(F)F)cnc2C1. The minimum Gasteiger partial charge on any atom is -0.293 e. The van der Waals surface area contributed by atoms with Crippen LogP contribution in [-0.4, -0.2) is 16.4 Å². The Kier molecular flexibility index (Phi) is 5.62. The van der Waals surface area contributed by atoms with Crippen LogP contribution in [0.3, 0.4) is 0 Å². The van der Waals surface area contributed by atoms with Crippen LogP contribution in [0.2, 0.25) is 0 Å². The van der Waals surface area contributed by atoms with Crippen molar-refractivity contribution in [3.05, 3.63) is 29.1 Å². The summed E-state index contributed by atoms with van der Waals surface area (Å²) in [5.41, 5.74) is 0.896. The third-order valence-corrected chi connectivity index (χ3v) is 3.98. The molecule has 5 heteroatoms. The molecule has 2 nitrogen and oxygen atoms in total. The molecule has 0 radical (unpaired) electrons. The summed E-state index contributed by atoms with van der Waals surface area (Å²) >= 11 is 0. The van der Waals surface area contributed by atoms with E-state index < -0.39 is 11.7 Å². The van der Waals surface area contributed by atoms with Crippen molar-refractivity contribution in [2.24, 2.45) is 0 Å². The van der Waals surface area contributed by atoms with E-state index in [1.54, 1.807) is 0 Å². The lowest BCUT2D eigenvalue weighted by Crippen LogP contribution is -2.17. The van der Waals surface area contributed by atoms with E-state index in [0.717, 1.165) is 30.4 Å². The quantitative estimate of drug-likeness (QED) is 0.674. The zero-order chi connectivity index (χ0) is 15.3. The summed E-state index contributed by atoms with van der Waals surface area (Å²) in [6, 6.07) is 1.25. The molecule has 0 saturated heterocycles. The van der Waals surface area contributed by atoms with Gasteiger partial charge in [-0.05, 0) is 24.6 Å². The maximum absolute atomic E-state index is 12.7. The molecule has 0 unspecified atom stereocenters. The highest BCUT2D eigenvalue weighted by molar-refractivity contribution is 5.29. The van der Waals surface area contributed by atoms with Crippen LogP contribution in [-0.2, 0) is 19.3 Å². The van der Waals surface area contributed by atoms with Gasteiger partial charge in [-0.1, -0.05) is 39.0 Å². The van der Waals surface area contributed by atoms with E-state index >= 15 is 0 Å². The van der Waals surface area contributed by atoms with Gasteiger partial charge in [0.2, 0.25) is 0 Å².